The molecule has 2 aliphatic heterocycles. The van der Waals surface area contributed by atoms with Gasteiger partial charge >= 0.3 is 0 Å². The first kappa shape index (κ1) is 13.1. The number of benzene rings is 1. The van der Waals surface area contributed by atoms with Crippen LogP contribution in [0.2, 0.25) is 0 Å². The zero-order valence-electron chi connectivity index (χ0n) is 11.5. The molecule has 0 aliphatic carbocycles. The van der Waals surface area contributed by atoms with E-state index < -0.39 is 0 Å². The Bertz CT molecular complexity index is 576. The van der Waals surface area contributed by atoms with Gasteiger partial charge < -0.3 is 10.5 Å². The molecule has 20 heavy (non-hydrogen) atoms. The minimum absolute atomic E-state index is 0.0584. The van der Waals surface area contributed by atoms with E-state index in [1.54, 1.807) is 18.2 Å². The van der Waals surface area contributed by atoms with Crippen molar-refractivity contribution < 1.29 is 14.3 Å². The third kappa shape index (κ3) is 2.08. The third-order valence-corrected chi connectivity index (χ3v) is 4.23. The van der Waals surface area contributed by atoms with Gasteiger partial charge in [-0.15, -0.1) is 0 Å². The molecule has 1 aromatic rings. The van der Waals surface area contributed by atoms with Crippen LogP contribution in [0.5, 0.6) is 0 Å². The van der Waals surface area contributed by atoms with Crippen molar-refractivity contribution in [3.05, 3.63) is 29.3 Å². The van der Waals surface area contributed by atoms with Gasteiger partial charge in [0.2, 0.25) is 0 Å². The highest BCUT2D eigenvalue weighted by molar-refractivity contribution is 6.21. The van der Waals surface area contributed by atoms with Crippen molar-refractivity contribution in [2.75, 3.05) is 25.5 Å². The first-order chi connectivity index (χ1) is 9.50. The Kier molecular flexibility index (Phi) is 3.01. The number of hydrogen-bond donors (Lipinski definition) is 1. The van der Waals surface area contributed by atoms with Gasteiger partial charge in [-0.3, -0.25) is 14.5 Å². The molecule has 2 amide bonds. The van der Waals surface area contributed by atoms with Gasteiger partial charge in [0, 0.05) is 25.4 Å². The summed E-state index contributed by atoms with van der Waals surface area (Å²) in [6, 6.07) is 4.88. The first-order valence-electron chi connectivity index (χ1n) is 6.84. The summed E-state index contributed by atoms with van der Waals surface area (Å²) in [6.45, 7) is 3.93. The topological polar surface area (TPSA) is 72.6 Å². The first-order valence-corrected chi connectivity index (χ1v) is 6.84. The third-order valence-electron chi connectivity index (χ3n) is 4.23. The van der Waals surface area contributed by atoms with E-state index in [1.807, 2.05) is 0 Å². The largest absolute Gasteiger partial charge is 0.399 e. The molecule has 3 rings (SSSR count). The van der Waals surface area contributed by atoms with Gasteiger partial charge in [0.25, 0.3) is 11.8 Å². The van der Waals surface area contributed by atoms with Crippen molar-refractivity contribution in [3.63, 3.8) is 0 Å². The summed E-state index contributed by atoms with van der Waals surface area (Å²) < 4.78 is 5.36. The lowest BCUT2D eigenvalue weighted by Gasteiger charge is -2.36. The Morgan fingerprint density at radius 2 is 1.85 bits per heavy atom. The number of anilines is 1. The Hall–Kier alpha value is -1.88. The van der Waals surface area contributed by atoms with Crippen LogP contribution in [-0.2, 0) is 4.74 Å². The van der Waals surface area contributed by atoms with E-state index in [4.69, 9.17) is 10.5 Å². The number of hydrogen-bond acceptors (Lipinski definition) is 4. The average molecular weight is 274 g/mol. The number of nitrogens with two attached hydrogens (primary N) is 1. The number of amides is 2. The van der Waals surface area contributed by atoms with Crippen molar-refractivity contribution in [3.8, 4) is 0 Å². The maximum Gasteiger partial charge on any atom is 0.261 e. The Labute approximate surface area is 117 Å². The lowest BCUT2D eigenvalue weighted by atomic mass is 9.82. The molecular formula is C15H18N2O3. The molecule has 2 heterocycles. The van der Waals surface area contributed by atoms with E-state index in [0.717, 1.165) is 12.8 Å². The molecule has 0 radical (unpaired) electrons. The van der Waals surface area contributed by atoms with Gasteiger partial charge in [0.15, 0.2) is 0 Å². The van der Waals surface area contributed by atoms with Crippen LogP contribution < -0.4 is 5.73 Å². The van der Waals surface area contributed by atoms with Gasteiger partial charge in [-0.1, -0.05) is 6.92 Å². The lowest BCUT2D eigenvalue weighted by Crippen LogP contribution is -2.42. The second-order valence-corrected chi connectivity index (χ2v) is 5.92. The predicted octanol–water partition coefficient (Wildman–Crippen LogP) is 1.68. The molecular weight excluding hydrogens is 256 g/mol. The van der Waals surface area contributed by atoms with Crippen molar-refractivity contribution in [1.82, 2.24) is 4.90 Å². The number of carbonyl (C=O) groups excluding carboxylic acids is 2. The molecule has 2 aliphatic rings. The van der Waals surface area contributed by atoms with Gasteiger partial charge in [0.05, 0.1) is 11.1 Å². The summed E-state index contributed by atoms with van der Waals surface area (Å²) in [5.41, 5.74) is 7.02. The molecule has 1 aromatic carbocycles. The molecule has 0 saturated carbocycles. The monoisotopic (exact) mass is 274 g/mol. The standard InChI is InChI=1S/C15H18N2O3/c1-15(4-6-20-7-5-15)9-17-13(18)11-3-2-10(16)8-12(11)14(17)19/h2-3,8H,4-7,9,16H2,1H3. The number of nitrogens with zero attached hydrogens (tertiary/aromatic N) is 1. The number of nitrogen functional groups attached to an aromatic ring is 1. The fourth-order valence-electron chi connectivity index (χ4n) is 2.86. The van der Waals surface area contributed by atoms with Crippen molar-refractivity contribution in [2.24, 2.45) is 5.41 Å². The average Bonchev–Trinajstić information content (AvgIpc) is 2.64. The van der Waals surface area contributed by atoms with Crippen LogP contribution >= 0.6 is 0 Å². The highest BCUT2D eigenvalue weighted by Crippen LogP contribution is 2.34. The summed E-state index contributed by atoms with van der Waals surface area (Å²) in [6.07, 6.45) is 1.73. The van der Waals surface area contributed by atoms with E-state index in [-0.39, 0.29) is 17.2 Å². The van der Waals surface area contributed by atoms with Gasteiger partial charge in [-0.2, -0.15) is 0 Å². The molecule has 106 valence electrons. The lowest BCUT2D eigenvalue weighted by molar-refractivity contribution is 0.00767. The summed E-state index contributed by atoms with van der Waals surface area (Å²) >= 11 is 0. The van der Waals surface area contributed by atoms with E-state index in [0.29, 0.717) is 36.6 Å². The summed E-state index contributed by atoms with van der Waals surface area (Å²) in [5.74, 6) is -0.442. The van der Waals surface area contributed by atoms with Crippen molar-refractivity contribution in [2.45, 2.75) is 19.8 Å². The molecule has 5 heteroatoms. The minimum Gasteiger partial charge on any atom is -0.399 e. The zero-order valence-corrected chi connectivity index (χ0v) is 11.5. The van der Waals surface area contributed by atoms with Gasteiger partial charge in [-0.05, 0) is 36.5 Å². The summed E-state index contributed by atoms with van der Waals surface area (Å²) in [7, 11) is 0. The summed E-state index contributed by atoms with van der Waals surface area (Å²) in [4.78, 5) is 26.1. The van der Waals surface area contributed by atoms with Crippen LogP contribution in [-0.4, -0.2) is 36.5 Å². The van der Waals surface area contributed by atoms with Crippen LogP contribution in [0, 0.1) is 5.41 Å². The number of imide groups is 1. The summed E-state index contributed by atoms with van der Waals surface area (Å²) in [5, 5.41) is 0. The molecule has 1 fully saturated rings. The van der Waals surface area contributed by atoms with E-state index in [2.05, 4.69) is 6.92 Å². The predicted molar refractivity (Wildman–Crippen MR) is 74.4 cm³/mol. The maximum atomic E-state index is 12.4. The Morgan fingerprint density at radius 3 is 2.55 bits per heavy atom. The van der Waals surface area contributed by atoms with Crippen molar-refractivity contribution >= 4 is 17.5 Å². The fourth-order valence-corrected chi connectivity index (χ4v) is 2.86. The quantitative estimate of drug-likeness (QED) is 0.658. The number of ether oxygens (including phenoxy) is 1. The zero-order chi connectivity index (χ0) is 14.3. The molecule has 0 bridgehead atoms. The highest BCUT2D eigenvalue weighted by atomic mass is 16.5. The second kappa shape index (κ2) is 4.59. The Morgan fingerprint density at radius 1 is 1.20 bits per heavy atom. The molecule has 0 aromatic heterocycles. The number of carbonyl (C=O) groups is 2. The SMILES string of the molecule is CC1(CN2C(=O)c3ccc(N)cc3C2=O)CCOCC1. The normalized spacial score (nSPS) is 21.1. The smallest absolute Gasteiger partial charge is 0.261 e. The molecule has 5 nitrogen and oxygen atoms in total. The Balaban J connectivity index is 1.86. The molecule has 0 unspecified atom stereocenters. The van der Waals surface area contributed by atoms with Crippen LogP contribution in [0.4, 0.5) is 5.69 Å². The van der Waals surface area contributed by atoms with Gasteiger partial charge in [-0.25, -0.2) is 0 Å². The van der Waals surface area contributed by atoms with E-state index in [1.165, 1.54) is 4.90 Å². The van der Waals surface area contributed by atoms with Crippen LogP contribution in [0.15, 0.2) is 18.2 Å². The molecule has 0 spiro atoms. The number of rotatable bonds is 2. The van der Waals surface area contributed by atoms with Crippen molar-refractivity contribution in [1.29, 1.82) is 0 Å². The molecule has 1 saturated heterocycles. The van der Waals surface area contributed by atoms with E-state index in [9.17, 15) is 9.59 Å². The van der Waals surface area contributed by atoms with Gasteiger partial charge in [0.1, 0.15) is 0 Å². The van der Waals surface area contributed by atoms with E-state index >= 15 is 0 Å². The highest BCUT2D eigenvalue weighted by Gasteiger charge is 2.40. The van der Waals surface area contributed by atoms with Crippen LogP contribution in [0.25, 0.3) is 0 Å². The number of fused-ring (bicyclic) bond motifs is 1. The fraction of sp³-hybridized carbons (Fsp3) is 0.467. The molecule has 0 atom stereocenters. The maximum absolute atomic E-state index is 12.4. The van der Waals surface area contributed by atoms with Crippen LogP contribution in [0.3, 0.4) is 0 Å². The van der Waals surface area contributed by atoms with Crippen LogP contribution in [0.1, 0.15) is 40.5 Å². The second-order valence-electron chi connectivity index (χ2n) is 5.92. The molecule has 2 N–H and O–H groups in total. The minimum atomic E-state index is -0.231.